The number of alkyl halides is 3. The maximum Gasteiger partial charge on any atom is 0.405 e. The monoisotopic (exact) mass is 284 g/mol. The molecule has 0 aliphatic carbocycles. The molecule has 20 heavy (non-hydrogen) atoms. The van der Waals surface area contributed by atoms with Crippen molar-refractivity contribution in [1.82, 2.24) is 5.32 Å². The number of aryl methyl sites for hydroxylation is 1. The second-order valence-electron chi connectivity index (χ2n) is 5.47. The highest BCUT2D eigenvalue weighted by molar-refractivity contribution is 5.15. The lowest BCUT2D eigenvalue weighted by atomic mass is 9.94. The molecule has 1 aromatic carbocycles. The van der Waals surface area contributed by atoms with Crippen molar-refractivity contribution in [3.63, 3.8) is 0 Å². The summed E-state index contributed by atoms with van der Waals surface area (Å²) in [5, 5.41) is 11.4. The summed E-state index contributed by atoms with van der Waals surface area (Å²) in [6, 6.07) is 11.1. The van der Waals surface area contributed by atoms with Crippen LogP contribution in [-0.4, -0.2) is 18.3 Å². The fourth-order valence-electron chi connectivity index (χ4n) is 1.80. The first-order valence-corrected chi connectivity index (χ1v) is 6.50. The molecule has 2 nitrogen and oxygen atoms in total. The summed E-state index contributed by atoms with van der Waals surface area (Å²) in [5.74, 6) is -1.96. The van der Waals surface area contributed by atoms with E-state index in [4.69, 9.17) is 5.26 Å². The number of nitriles is 1. The minimum atomic E-state index is -4.47. The molecule has 0 saturated carbocycles. The summed E-state index contributed by atoms with van der Waals surface area (Å²) >= 11 is 0. The first-order chi connectivity index (χ1) is 9.24. The van der Waals surface area contributed by atoms with Crippen LogP contribution in [0.5, 0.6) is 0 Å². The van der Waals surface area contributed by atoms with Crippen molar-refractivity contribution in [3.8, 4) is 6.07 Å². The van der Waals surface area contributed by atoms with Crippen molar-refractivity contribution in [2.45, 2.75) is 38.4 Å². The predicted octanol–water partition coefficient (Wildman–Crippen LogP) is 3.69. The van der Waals surface area contributed by atoms with Crippen molar-refractivity contribution in [3.05, 3.63) is 35.9 Å². The summed E-state index contributed by atoms with van der Waals surface area (Å²) in [6.07, 6.45) is -2.99. The highest BCUT2D eigenvalue weighted by Gasteiger charge is 2.40. The summed E-state index contributed by atoms with van der Waals surface area (Å²) < 4.78 is 37.5. The molecule has 0 bridgehead atoms. The molecule has 110 valence electrons. The van der Waals surface area contributed by atoms with Crippen LogP contribution in [0.25, 0.3) is 0 Å². The lowest BCUT2D eigenvalue weighted by Gasteiger charge is -2.28. The Kier molecular flexibility index (Phi) is 5.58. The molecule has 1 unspecified atom stereocenters. The average Bonchev–Trinajstić information content (AvgIpc) is 2.37. The van der Waals surface area contributed by atoms with Crippen LogP contribution < -0.4 is 5.32 Å². The molecule has 0 fully saturated rings. The molecule has 0 aliphatic rings. The van der Waals surface area contributed by atoms with E-state index in [1.54, 1.807) is 0 Å². The van der Waals surface area contributed by atoms with Gasteiger partial charge in [-0.25, -0.2) is 0 Å². The smallest absolute Gasteiger partial charge is 0.310 e. The molecule has 1 N–H and O–H groups in total. The van der Waals surface area contributed by atoms with E-state index in [9.17, 15) is 13.2 Å². The molecule has 1 rings (SSSR count). The highest BCUT2D eigenvalue weighted by Crippen LogP contribution is 2.26. The zero-order valence-electron chi connectivity index (χ0n) is 11.7. The molecule has 0 amide bonds. The van der Waals surface area contributed by atoms with Gasteiger partial charge in [-0.2, -0.15) is 18.4 Å². The van der Waals surface area contributed by atoms with E-state index in [-0.39, 0.29) is 6.54 Å². The number of hydrogen-bond donors (Lipinski definition) is 1. The van der Waals surface area contributed by atoms with Crippen LogP contribution in [0.2, 0.25) is 0 Å². The van der Waals surface area contributed by atoms with Crippen molar-refractivity contribution in [2.24, 2.45) is 5.92 Å². The van der Waals surface area contributed by atoms with Crippen molar-refractivity contribution < 1.29 is 13.2 Å². The number of rotatable bonds is 6. The van der Waals surface area contributed by atoms with Crippen LogP contribution in [0.15, 0.2) is 30.3 Å². The maximum atomic E-state index is 12.5. The van der Waals surface area contributed by atoms with Gasteiger partial charge in [0.15, 0.2) is 5.92 Å². The van der Waals surface area contributed by atoms with Crippen LogP contribution in [0.1, 0.15) is 25.8 Å². The van der Waals surface area contributed by atoms with E-state index < -0.39 is 17.6 Å². The fraction of sp³-hybridized carbons (Fsp3) is 0.533. The van der Waals surface area contributed by atoms with E-state index in [1.807, 2.05) is 44.2 Å². The van der Waals surface area contributed by atoms with Crippen LogP contribution in [-0.2, 0) is 6.42 Å². The SMILES string of the molecule is CC(C)(CCc1ccccc1)NCC(C#N)C(F)(F)F. The van der Waals surface area contributed by atoms with E-state index in [1.165, 1.54) is 6.07 Å². The standard InChI is InChI=1S/C15H19F3N2/c1-14(2,9-8-12-6-4-3-5-7-12)20-11-13(10-19)15(16,17)18/h3-7,13,20H,8-9,11H2,1-2H3. The Balaban J connectivity index is 2.47. The van der Waals surface area contributed by atoms with Crippen molar-refractivity contribution >= 4 is 0 Å². The highest BCUT2D eigenvalue weighted by atomic mass is 19.4. The summed E-state index contributed by atoms with van der Waals surface area (Å²) in [6.45, 7) is 3.32. The summed E-state index contributed by atoms with van der Waals surface area (Å²) in [5.41, 5.74) is 0.700. The van der Waals surface area contributed by atoms with Crippen LogP contribution in [0, 0.1) is 17.2 Å². The third kappa shape index (κ3) is 5.62. The minimum Gasteiger partial charge on any atom is -0.310 e. The second kappa shape index (κ2) is 6.76. The zero-order chi connectivity index (χ0) is 15.2. The number of nitrogens with one attached hydrogen (secondary N) is 1. The van der Waals surface area contributed by atoms with Crippen LogP contribution in [0.4, 0.5) is 13.2 Å². The Morgan fingerprint density at radius 1 is 1.20 bits per heavy atom. The minimum absolute atomic E-state index is 0.373. The average molecular weight is 284 g/mol. The van der Waals surface area contributed by atoms with Gasteiger partial charge in [-0.15, -0.1) is 0 Å². The van der Waals surface area contributed by atoms with Gasteiger partial charge in [0.1, 0.15) is 0 Å². The van der Waals surface area contributed by atoms with Gasteiger partial charge in [-0.05, 0) is 32.3 Å². The van der Waals surface area contributed by atoms with Gasteiger partial charge >= 0.3 is 6.18 Å². The molecule has 0 heterocycles. The Bertz CT molecular complexity index is 446. The number of nitrogens with zero attached hydrogens (tertiary/aromatic N) is 1. The molecule has 5 heteroatoms. The van der Waals surface area contributed by atoms with Gasteiger partial charge in [0.05, 0.1) is 6.07 Å². The molecule has 0 saturated heterocycles. The van der Waals surface area contributed by atoms with Gasteiger partial charge < -0.3 is 5.32 Å². The Hall–Kier alpha value is -1.54. The Labute approximate surface area is 117 Å². The van der Waals surface area contributed by atoms with E-state index in [0.717, 1.165) is 12.0 Å². The third-order valence-electron chi connectivity index (χ3n) is 3.22. The number of hydrogen-bond acceptors (Lipinski definition) is 2. The first kappa shape index (κ1) is 16.5. The molecular formula is C15H19F3N2. The van der Waals surface area contributed by atoms with Gasteiger partial charge in [0.2, 0.25) is 0 Å². The van der Waals surface area contributed by atoms with E-state index >= 15 is 0 Å². The fourth-order valence-corrected chi connectivity index (χ4v) is 1.80. The molecule has 0 radical (unpaired) electrons. The molecule has 0 aliphatic heterocycles. The lowest BCUT2D eigenvalue weighted by molar-refractivity contribution is -0.158. The Morgan fingerprint density at radius 3 is 2.30 bits per heavy atom. The Morgan fingerprint density at radius 2 is 1.80 bits per heavy atom. The predicted molar refractivity (Wildman–Crippen MR) is 72.0 cm³/mol. The summed E-state index contributed by atoms with van der Waals surface area (Å²) in [7, 11) is 0. The quantitative estimate of drug-likeness (QED) is 0.864. The number of benzene rings is 1. The molecular weight excluding hydrogens is 265 g/mol. The van der Waals surface area contributed by atoms with Gasteiger partial charge in [-0.1, -0.05) is 30.3 Å². The van der Waals surface area contributed by atoms with Gasteiger partial charge in [0, 0.05) is 12.1 Å². The maximum absolute atomic E-state index is 12.5. The van der Waals surface area contributed by atoms with Gasteiger partial charge in [-0.3, -0.25) is 0 Å². The van der Waals surface area contributed by atoms with Crippen molar-refractivity contribution in [1.29, 1.82) is 5.26 Å². The number of halogens is 3. The zero-order valence-corrected chi connectivity index (χ0v) is 11.7. The largest absolute Gasteiger partial charge is 0.405 e. The topological polar surface area (TPSA) is 35.8 Å². The van der Waals surface area contributed by atoms with Crippen molar-refractivity contribution in [2.75, 3.05) is 6.54 Å². The lowest BCUT2D eigenvalue weighted by Crippen LogP contribution is -2.44. The molecule has 1 aromatic rings. The van der Waals surface area contributed by atoms with Crippen LogP contribution in [0.3, 0.4) is 0 Å². The third-order valence-corrected chi connectivity index (χ3v) is 3.22. The van der Waals surface area contributed by atoms with Gasteiger partial charge in [0.25, 0.3) is 0 Å². The summed E-state index contributed by atoms with van der Waals surface area (Å²) in [4.78, 5) is 0. The van der Waals surface area contributed by atoms with Crippen LogP contribution >= 0.6 is 0 Å². The normalized spacial score (nSPS) is 13.8. The molecule has 1 atom stereocenters. The second-order valence-corrected chi connectivity index (χ2v) is 5.47. The molecule has 0 aromatic heterocycles. The van der Waals surface area contributed by atoms with E-state index in [2.05, 4.69) is 5.32 Å². The van der Waals surface area contributed by atoms with E-state index in [0.29, 0.717) is 6.42 Å². The molecule has 0 spiro atoms. The first-order valence-electron chi connectivity index (χ1n) is 6.50.